The Balaban J connectivity index is 1.58. The average molecular weight is 455 g/mol. The number of alkyl halides is 2. The van der Waals surface area contributed by atoms with Gasteiger partial charge >= 0.3 is 6.11 Å². The van der Waals surface area contributed by atoms with Crippen molar-refractivity contribution < 1.29 is 23.8 Å². The number of aromatic nitrogens is 2. The van der Waals surface area contributed by atoms with Crippen molar-refractivity contribution in [2.75, 3.05) is 18.0 Å². The second kappa shape index (κ2) is 6.79. The minimum atomic E-state index is -3.78. The quantitative estimate of drug-likeness (QED) is 0.607. The summed E-state index contributed by atoms with van der Waals surface area (Å²) in [6.07, 6.45) is -1.16. The van der Waals surface area contributed by atoms with Gasteiger partial charge in [-0.25, -0.2) is 9.97 Å². The molecule has 2 bridgehead atoms. The lowest BCUT2D eigenvalue weighted by Crippen LogP contribution is -2.67. The molecule has 0 spiro atoms. The Morgan fingerprint density at radius 3 is 2.57 bits per heavy atom. The van der Waals surface area contributed by atoms with Crippen LogP contribution in [0.3, 0.4) is 0 Å². The van der Waals surface area contributed by atoms with Crippen molar-refractivity contribution >= 4 is 38.0 Å². The number of hydrogen-bond donors (Lipinski definition) is 2. The maximum Gasteiger partial charge on any atom is 0.426 e. The number of rotatable bonds is 5. The zero-order valence-electron chi connectivity index (χ0n) is 16.2. The van der Waals surface area contributed by atoms with E-state index >= 15 is 0 Å². The van der Waals surface area contributed by atoms with Crippen LogP contribution in [0.4, 0.5) is 13.9 Å². The van der Waals surface area contributed by atoms with Crippen molar-refractivity contribution in [1.82, 2.24) is 15.0 Å². The molecule has 5 heterocycles. The molecule has 3 saturated heterocycles. The molecule has 3 aliphatic rings. The fourth-order valence-corrected chi connectivity index (χ4v) is 5.45. The number of piperazine rings is 1. The van der Waals surface area contributed by atoms with Crippen LogP contribution >= 0.6 is 22.7 Å². The van der Waals surface area contributed by atoms with Gasteiger partial charge in [0.2, 0.25) is 0 Å². The van der Waals surface area contributed by atoms with E-state index in [1.165, 1.54) is 33.8 Å². The van der Waals surface area contributed by atoms with Gasteiger partial charge in [-0.1, -0.05) is 11.3 Å². The Bertz CT molecular complexity index is 1070. The van der Waals surface area contributed by atoms with E-state index in [1.54, 1.807) is 12.3 Å². The molecule has 11 heteroatoms. The summed E-state index contributed by atoms with van der Waals surface area (Å²) >= 11 is 2.71. The summed E-state index contributed by atoms with van der Waals surface area (Å²) in [6, 6.07) is 3.27. The van der Waals surface area contributed by atoms with E-state index in [0.717, 1.165) is 30.8 Å². The summed E-state index contributed by atoms with van der Waals surface area (Å²) in [6.45, 7) is 3.25. The van der Waals surface area contributed by atoms with Gasteiger partial charge in [0.25, 0.3) is 0 Å². The number of hydroxylamine groups is 2. The SMILES string of the molecule is CC(C)(O)C(F)(F)Oc1ccc(-c2nccs2)c2nc(N3CC4CC(C3)N4O)sc12. The molecule has 3 aliphatic heterocycles. The molecule has 2 unspecified atom stereocenters. The smallest absolute Gasteiger partial charge is 0.426 e. The number of ether oxygens (including phenoxy) is 1. The number of hydrogen-bond acceptors (Lipinski definition) is 9. The molecule has 7 nitrogen and oxygen atoms in total. The number of aliphatic hydroxyl groups is 1. The number of anilines is 1. The number of piperidine rings is 1. The van der Waals surface area contributed by atoms with Crippen molar-refractivity contribution in [2.24, 2.45) is 0 Å². The van der Waals surface area contributed by atoms with Crippen LogP contribution < -0.4 is 9.64 Å². The number of fused-ring (bicyclic) bond motifs is 3. The summed E-state index contributed by atoms with van der Waals surface area (Å²) in [5, 5.41) is 24.4. The van der Waals surface area contributed by atoms with Crippen LogP contribution in [0.5, 0.6) is 5.75 Å². The van der Waals surface area contributed by atoms with Crippen molar-refractivity contribution in [3.8, 4) is 16.3 Å². The molecule has 2 N–H and O–H groups in total. The predicted octanol–water partition coefficient (Wildman–Crippen LogP) is 3.81. The van der Waals surface area contributed by atoms with Crippen molar-refractivity contribution in [3.05, 3.63) is 23.7 Å². The fraction of sp³-hybridized carbons (Fsp3) is 0.474. The topological polar surface area (TPSA) is 82.0 Å². The van der Waals surface area contributed by atoms with Crippen LogP contribution in [0.2, 0.25) is 0 Å². The molecular formula is C19H20F2N4O3S2. The van der Waals surface area contributed by atoms with Crippen LogP contribution in [0.15, 0.2) is 23.7 Å². The minimum absolute atomic E-state index is 0.0351. The van der Waals surface area contributed by atoms with Crippen LogP contribution in [-0.4, -0.2) is 62.2 Å². The summed E-state index contributed by atoms with van der Waals surface area (Å²) in [5.74, 6) is -0.0351. The van der Waals surface area contributed by atoms with Gasteiger partial charge < -0.3 is 20.0 Å². The third kappa shape index (κ3) is 3.16. The Morgan fingerprint density at radius 1 is 1.23 bits per heavy atom. The third-order valence-electron chi connectivity index (χ3n) is 5.53. The third-order valence-corrected chi connectivity index (χ3v) is 7.47. The first-order valence-corrected chi connectivity index (χ1v) is 11.2. The van der Waals surface area contributed by atoms with E-state index < -0.39 is 11.7 Å². The maximum absolute atomic E-state index is 14.4. The summed E-state index contributed by atoms with van der Waals surface area (Å²) in [7, 11) is 0. The highest BCUT2D eigenvalue weighted by atomic mass is 32.1. The maximum atomic E-state index is 14.4. The summed E-state index contributed by atoms with van der Waals surface area (Å²) in [4.78, 5) is 11.1. The van der Waals surface area contributed by atoms with Crippen LogP contribution in [-0.2, 0) is 0 Å². The first kappa shape index (κ1) is 20.0. The highest BCUT2D eigenvalue weighted by Crippen LogP contribution is 2.45. The van der Waals surface area contributed by atoms with Gasteiger partial charge in [0.05, 0.1) is 22.3 Å². The second-order valence-corrected chi connectivity index (χ2v) is 10.0. The molecule has 1 aromatic carbocycles. The van der Waals surface area contributed by atoms with E-state index in [-0.39, 0.29) is 17.8 Å². The van der Waals surface area contributed by atoms with E-state index in [9.17, 15) is 19.1 Å². The number of benzene rings is 1. The lowest BCUT2D eigenvalue weighted by atomic mass is 9.91. The Labute approximate surface area is 179 Å². The Kier molecular flexibility index (Phi) is 4.53. The molecule has 0 saturated carbocycles. The first-order chi connectivity index (χ1) is 14.1. The fourth-order valence-electron chi connectivity index (χ4n) is 3.73. The lowest BCUT2D eigenvalue weighted by molar-refractivity contribution is -0.275. The molecule has 160 valence electrons. The molecule has 0 aliphatic carbocycles. The van der Waals surface area contributed by atoms with Crippen LogP contribution in [0, 0.1) is 0 Å². The van der Waals surface area contributed by atoms with Crippen LogP contribution in [0.25, 0.3) is 20.8 Å². The number of nitrogens with zero attached hydrogens (tertiary/aromatic N) is 4. The highest BCUT2D eigenvalue weighted by molar-refractivity contribution is 7.22. The normalized spacial score (nSPS) is 22.4. The first-order valence-electron chi connectivity index (χ1n) is 9.49. The second-order valence-electron chi connectivity index (χ2n) is 8.13. The van der Waals surface area contributed by atoms with Gasteiger partial charge in [0, 0.05) is 30.2 Å². The molecular weight excluding hydrogens is 434 g/mol. The number of halogens is 2. The van der Waals surface area contributed by atoms with E-state index in [0.29, 0.717) is 28.4 Å². The van der Waals surface area contributed by atoms with E-state index in [2.05, 4.69) is 9.88 Å². The standard InChI is InChI=1S/C19H20F2N4O3S2/c1-18(2,26)19(20,21)28-13-4-3-12(16-22-5-6-29-16)14-15(13)30-17(23-14)24-8-10-7-11(9-24)25(10)27/h3-6,10-11,26-27H,7-9H2,1-2H3. The van der Waals surface area contributed by atoms with Crippen LogP contribution in [0.1, 0.15) is 20.3 Å². The van der Waals surface area contributed by atoms with Crippen molar-refractivity contribution in [1.29, 1.82) is 0 Å². The minimum Gasteiger partial charge on any atom is -0.429 e. The summed E-state index contributed by atoms with van der Waals surface area (Å²) in [5.41, 5.74) is -1.07. The van der Waals surface area contributed by atoms with Gasteiger partial charge in [-0.15, -0.1) is 11.3 Å². The molecule has 30 heavy (non-hydrogen) atoms. The average Bonchev–Trinajstić information content (AvgIpc) is 3.37. The van der Waals surface area contributed by atoms with Gasteiger partial charge in [0.1, 0.15) is 10.8 Å². The van der Waals surface area contributed by atoms with Crippen molar-refractivity contribution in [3.63, 3.8) is 0 Å². The van der Waals surface area contributed by atoms with E-state index in [4.69, 9.17) is 9.72 Å². The van der Waals surface area contributed by atoms with Gasteiger partial charge in [0.15, 0.2) is 10.7 Å². The number of thiazole rings is 2. The molecule has 2 atom stereocenters. The zero-order chi connectivity index (χ0) is 21.3. The molecule has 3 aromatic rings. The molecule has 0 radical (unpaired) electrons. The zero-order valence-corrected chi connectivity index (χ0v) is 17.9. The summed E-state index contributed by atoms with van der Waals surface area (Å²) < 4.78 is 34.4. The van der Waals surface area contributed by atoms with Gasteiger partial charge in [-0.05, 0) is 32.4 Å². The van der Waals surface area contributed by atoms with Gasteiger partial charge in [-0.2, -0.15) is 13.8 Å². The molecule has 0 amide bonds. The largest absolute Gasteiger partial charge is 0.429 e. The Hall–Kier alpha value is -1.92. The highest BCUT2D eigenvalue weighted by Gasteiger charge is 2.49. The van der Waals surface area contributed by atoms with Crippen molar-refractivity contribution in [2.45, 2.75) is 44.1 Å². The Morgan fingerprint density at radius 2 is 1.97 bits per heavy atom. The predicted molar refractivity (Wildman–Crippen MR) is 111 cm³/mol. The molecule has 2 aromatic heterocycles. The molecule has 3 fully saturated rings. The van der Waals surface area contributed by atoms with Gasteiger partial charge in [-0.3, -0.25) is 0 Å². The monoisotopic (exact) mass is 454 g/mol. The molecule has 6 rings (SSSR count). The lowest BCUT2D eigenvalue weighted by Gasteiger charge is -2.52. The van der Waals surface area contributed by atoms with E-state index in [1.807, 2.05) is 5.38 Å².